The molecule has 4 heterocycles. The maximum atomic E-state index is 14.2. The average Bonchev–Trinajstić information content (AvgIpc) is 3.51. The van der Waals surface area contributed by atoms with E-state index in [0.29, 0.717) is 38.4 Å². The fraction of sp³-hybridized carbons (Fsp3) is 0.560. The van der Waals surface area contributed by atoms with E-state index in [4.69, 9.17) is 14.6 Å². The van der Waals surface area contributed by atoms with Crippen LogP contribution in [0.25, 0.3) is 11.3 Å². The maximum Gasteiger partial charge on any atom is 0.490 e. The number of alkyl halides is 3. The summed E-state index contributed by atoms with van der Waals surface area (Å²) in [6, 6.07) is 3.47. The molecule has 2 saturated heterocycles. The summed E-state index contributed by atoms with van der Waals surface area (Å²) in [6.45, 7) is 7.37. The number of carbonyl (C=O) groups excluding carboxylic acids is 1. The fourth-order valence-corrected chi connectivity index (χ4v) is 5.30. The first kappa shape index (κ1) is 28.7. The van der Waals surface area contributed by atoms with Gasteiger partial charge in [-0.2, -0.15) is 13.2 Å². The molecule has 0 saturated carbocycles. The highest BCUT2D eigenvalue weighted by molar-refractivity contribution is 5.75. The Morgan fingerprint density at radius 1 is 1.26 bits per heavy atom. The minimum absolute atomic E-state index is 0.0184. The molecular weight excluding hydrogens is 529 g/mol. The van der Waals surface area contributed by atoms with E-state index in [9.17, 15) is 26.7 Å². The number of hydrogen-bond acceptors (Lipinski definition) is 5. The molecule has 0 bridgehead atoms. The molecule has 2 unspecified atom stereocenters. The number of carbonyl (C=O) groups is 2. The Labute approximate surface area is 221 Å². The zero-order valence-electron chi connectivity index (χ0n) is 21.3. The van der Waals surface area contributed by atoms with E-state index in [2.05, 4.69) is 22.1 Å². The predicted octanol–water partition coefficient (Wildman–Crippen LogP) is 3.28. The number of carboxylic acid groups (broad SMARTS) is 1. The van der Waals surface area contributed by atoms with Crippen LogP contribution in [-0.2, 0) is 22.5 Å². The molecule has 214 valence electrons. The molecule has 0 aliphatic carbocycles. The van der Waals surface area contributed by atoms with Crippen molar-refractivity contribution in [3.63, 3.8) is 0 Å². The molecule has 39 heavy (non-hydrogen) atoms. The molecule has 2 amide bonds. The number of ether oxygens (including phenoxy) is 1. The molecular formula is C25H30F5N5O4. The SMILES string of the molecule is CCN1CCN(C(=O)NC2CCc3nc(-c4ccc(F)cc4F)cn3C2)CC12CCOC2.O=C(O)C(F)(F)F. The van der Waals surface area contributed by atoms with Crippen molar-refractivity contribution in [2.45, 2.75) is 50.5 Å². The summed E-state index contributed by atoms with van der Waals surface area (Å²) in [4.78, 5) is 30.9. The van der Waals surface area contributed by atoms with E-state index in [1.807, 2.05) is 9.47 Å². The number of benzene rings is 1. The van der Waals surface area contributed by atoms with Gasteiger partial charge in [0.2, 0.25) is 0 Å². The van der Waals surface area contributed by atoms with E-state index in [1.165, 1.54) is 12.1 Å². The third-order valence-corrected chi connectivity index (χ3v) is 7.32. The van der Waals surface area contributed by atoms with Gasteiger partial charge in [-0.25, -0.2) is 23.4 Å². The van der Waals surface area contributed by atoms with Crippen molar-refractivity contribution < 1.29 is 41.4 Å². The van der Waals surface area contributed by atoms with Crippen LogP contribution in [-0.4, -0.2) is 93.6 Å². The maximum absolute atomic E-state index is 14.2. The number of aromatic nitrogens is 2. The molecule has 14 heteroatoms. The minimum Gasteiger partial charge on any atom is -0.475 e. The Kier molecular flexibility index (Phi) is 8.45. The summed E-state index contributed by atoms with van der Waals surface area (Å²) in [5, 5.41) is 10.3. The van der Waals surface area contributed by atoms with Crippen molar-refractivity contribution in [2.75, 3.05) is 39.4 Å². The van der Waals surface area contributed by atoms with Crippen molar-refractivity contribution >= 4 is 12.0 Å². The van der Waals surface area contributed by atoms with E-state index >= 15 is 0 Å². The van der Waals surface area contributed by atoms with E-state index in [-0.39, 0.29) is 23.2 Å². The van der Waals surface area contributed by atoms with Gasteiger partial charge in [-0.15, -0.1) is 0 Å². The molecule has 2 fully saturated rings. The molecule has 3 aliphatic rings. The van der Waals surface area contributed by atoms with E-state index in [1.54, 1.807) is 6.20 Å². The van der Waals surface area contributed by atoms with Crippen LogP contribution in [0.5, 0.6) is 0 Å². The quantitative estimate of drug-likeness (QED) is 0.561. The van der Waals surface area contributed by atoms with Gasteiger partial charge >= 0.3 is 18.2 Å². The summed E-state index contributed by atoms with van der Waals surface area (Å²) in [7, 11) is 0. The highest BCUT2D eigenvalue weighted by Gasteiger charge is 2.45. The second-order valence-electron chi connectivity index (χ2n) is 9.84. The number of urea groups is 1. The van der Waals surface area contributed by atoms with Crippen LogP contribution in [0.1, 0.15) is 25.6 Å². The fourth-order valence-electron chi connectivity index (χ4n) is 5.30. The molecule has 0 radical (unpaired) electrons. The van der Waals surface area contributed by atoms with Crippen molar-refractivity contribution in [1.29, 1.82) is 0 Å². The Bertz CT molecular complexity index is 1200. The van der Waals surface area contributed by atoms with Crippen LogP contribution in [0.15, 0.2) is 24.4 Å². The second-order valence-corrected chi connectivity index (χ2v) is 9.84. The Morgan fingerprint density at radius 3 is 2.62 bits per heavy atom. The first-order valence-electron chi connectivity index (χ1n) is 12.6. The number of fused-ring (bicyclic) bond motifs is 1. The number of amides is 2. The number of hydrogen-bond donors (Lipinski definition) is 2. The molecule has 2 atom stereocenters. The van der Waals surface area contributed by atoms with Gasteiger partial charge in [0.25, 0.3) is 0 Å². The van der Waals surface area contributed by atoms with Gasteiger partial charge in [-0.3, -0.25) is 4.90 Å². The van der Waals surface area contributed by atoms with Crippen LogP contribution >= 0.6 is 0 Å². The largest absolute Gasteiger partial charge is 0.490 e. The molecule has 2 aromatic rings. The number of carboxylic acids is 1. The van der Waals surface area contributed by atoms with Gasteiger partial charge in [0, 0.05) is 63.1 Å². The monoisotopic (exact) mass is 559 g/mol. The number of aryl methyl sites for hydroxylation is 1. The van der Waals surface area contributed by atoms with Crippen LogP contribution in [0.2, 0.25) is 0 Å². The van der Waals surface area contributed by atoms with Crippen molar-refractivity contribution in [2.24, 2.45) is 0 Å². The zero-order chi connectivity index (χ0) is 28.4. The van der Waals surface area contributed by atoms with Crippen molar-refractivity contribution in [3.8, 4) is 11.3 Å². The van der Waals surface area contributed by atoms with Gasteiger partial charge in [0.1, 0.15) is 17.5 Å². The molecule has 1 spiro atoms. The molecule has 1 aromatic carbocycles. The number of rotatable bonds is 3. The number of halogens is 5. The normalized spacial score (nSPS) is 23.2. The van der Waals surface area contributed by atoms with Crippen molar-refractivity contribution in [3.05, 3.63) is 41.9 Å². The van der Waals surface area contributed by atoms with Gasteiger partial charge < -0.3 is 24.6 Å². The van der Waals surface area contributed by atoms with Gasteiger partial charge in [-0.1, -0.05) is 6.92 Å². The topological polar surface area (TPSA) is 99.9 Å². The predicted molar refractivity (Wildman–Crippen MR) is 129 cm³/mol. The summed E-state index contributed by atoms with van der Waals surface area (Å²) in [5.74, 6) is -3.13. The lowest BCUT2D eigenvalue weighted by molar-refractivity contribution is -0.192. The number of piperazine rings is 1. The van der Waals surface area contributed by atoms with Crippen LogP contribution in [0.3, 0.4) is 0 Å². The third-order valence-electron chi connectivity index (χ3n) is 7.32. The molecule has 2 N–H and O–H groups in total. The highest BCUT2D eigenvalue weighted by atomic mass is 19.4. The summed E-state index contributed by atoms with van der Waals surface area (Å²) < 4.78 is 66.8. The van der Waals surface area contributed by atoms with Crippen molar-refractivity contribution in [1.82, 2.24) is 24.7 Å². The number of nitrogens with one attached hydrogen (secondary N) is 1. The van der Waals surface area contributed by atoms with E-state index in [0.717, 1.165) is 44.4 Å². The lowest BCUT2D eigenvalue weighted by atomic mass is 9.93. The minimum atomic E-state index is -5.08. The van der Waals surface area contributed by atoms with E-state index < -0.39 is 23.8 Å². The smallest absolute Gasteiger partial charge is 0.475 e. The first-order valence-corrected chi connectivity index (χ1v) is 12.6. The number of nitrogens with zero attached hydrogens (tertiary/aromatic N) is 4. The Morgan fingerprint density at radius 2 is 2.00 bits per heavy atom. The first-order chi connectivity index (χ1) is 18.4. The Hall–Kier alpha value is -3.26. The van der Waals surface area contributed by atoms with Gasteiger partial charge in [-0.05, 0) is 31.5 Å². The number of aliphatic carboxylic acids is 1. The number of imidazole rings is 1. The molecule has 9 nitrogen and oxygen atoms in total. The van der Waals surface area contributed by atoms with Gasteiger partial charge in [0.05, 0.1) is 17.8 Å². The van der Waals surface area contributed by atoms with Crippen LogP contribution < -0.4 is 5.32 Å². The molecule has 1 aromatic heterocycles. The third kappa shape index (κ3) is 6.49. The lowest BCUT2D eigenvalue weighted by Gasteiger charge is -2.48. The second kappa shape index (κ2) is 11.5. The Balaban J connectivity index is 0.000000448. The molecule has 3 aliphatic heterocycles. The zero-order valence-corrected chi connectivity index (χ0v) is 21.3. The standard InChI is InChI=1S/C23H29F2N5O2.C2HF3O2/c1-2-30-9-8-28(14-23(30)7-10-32-15-23)22(31)26-17-4-6-21-27-20(13-29(21)12-17)18-5-3-16(24)11-19(18)25;3-2(4,5)1(6)7/h3,5,11,13,17H,2,4,6-10,12,14-15H2,1H3,(H,26,31);(H,6,7). The van der Waals surface area contributed by atoms with Crippen LogP contribution in [0.4, 0.5) is 26.7 Å². The number of likely N-dealkylation sites (N-methyl/N-ethyl adjacent to an activating group) is 1. The lowest BCUT2D eigenvalue weighted by Crippen LogP contribution is -2.65. The van der Waals surface area contributed by atoms with Gasteiger partial charge in [0.15, 0.2) is 0 Å². The summed E-state index contributed by atoms with van der Waals surface area (Å²) in [6.07, 6.45) is -0.879. The average molecular weight is 560 g/mol. The molecule has 5 rings (SSSR count). The summed E-state index contributed by atoms with van der Waals surface area (Å²) >= 11 is 0. The van der Waals surface area contributed by atoms with Crippen LogP contribution in [0, 0.1) is 11.6 Å². The highest BCUT2D eigenvalue weighted by Crippen LogP contribution is 2.30. The summed E-state index contributed by atoms with van der Waals surface area (Å²) in [5.41, 5.74) is 0.706.